The lowest BCUT2D eigenvalue weighted by atomic mass is 10.0. The summed E-state index contributed by atoms with van der Waals surface area (Å²) in [4.78, 5) is 21.3. The van der Waals surface area contributed by atoms with Gasteiger partial charge in [-0.2, -0.15) is 0 Å². The smallest absolute Gasteiger partial charge is 0.303 e. The molecule has 0 saturated heterocycles. The Morgan fingerprint density at radius 2 is 2.00 bits per heavy atom. The van der Waals surface area contributed by atoms with Gasteiger partial charge in [0, 0.05) is 6.42 Å². The van der Waals surface area contributed by atoms with E-state index in [-0.39, 0.29) is 18.6 Å². The van der Waals surface area contributed by atoms with E-state index in [0.717, 1.165) is 12.8 Å². The minimum absolute atomic E-state index is 0.0558. The highest BCUT2D eigenvalue weighted by molar-refractivity contribution is 5.86. The van der Waals surface area contributed by atoms with Crippen LogP contribution in [0.2, 0.25) is 0 Å². The molecule has 0 amide bonds. The lowest BCUT2D eigenvalue weighted by Crippen LogP contribution is -2.30. The van der Waals surface area contributed by atoms with Crippen molar-refractivity contribution in [3.63, 3.8) is 0 Å². The van der Waals surface area contributed by atoms with E-state index in [1.807, 2.05) is 6.92 Å². The average Bonchev–Trinajstić information content (AvgIpc) is 2.10. The van der Waals surface area contributed by atoms with E-state index < -0.39 is 12.0 Å². The molecule has 0 aliphatic heterocycles. The van der Waals surface area contributed by atoms with Crippen LogP contribution in [0.1, 0.15) is 39.0 Å². The molecule has 76 valence electrons. The first-order valence-corrected chi connectivity index (χ1v) is 4.58. The maximum absolute atomic E-state index is 11.2. The van der Waals surface area contributed by atoms with Crippen molar-refractivity contribution in [2.45, 2.75) is 45.1 Å². The van der Waals surface area contributed by atoms with Gasteiger partial charge in [0.05, 0.1) is 12.5 Å². The van der Waals surface area contributed by atoms with Crippen molar-refractivity contribution < 1.29 is 14.7 Å². The number of hydrogen-bond donors (Lipinski definition) is 2. The van der Waals surface area contributed by atoms with Gasteiger partial charge >= 0.3 is 5.97 Å². The van der Waals surface area contributed by atoms with Crippen LogP contribution in [0.15, 0.2) is 0 Å². The van der Waals surface area contributed by atoms with Gasteiger partial charge in [-0.25, -0.2) is 0 Å². The highest BCUT2D eigenvalue weighted by atomic mass is 16.4. The number of nitrogens with two attached hydrogens (primary N) is 1. The number of hydrogen-bond acceptors (Lipinski definition) is 3. The molecule has 0 fully saturated rings. The van der Waals surface area contributed by atoms with E-state index >= 15 is 0 Å². The third-order valence-corrected chi connectivity index (χ3v) is 1.87. The van der Waals surface area contributed by atoms with Crippen LogP contribution < -0.4 is 5.73 Å². The van der Waals surface area contributed by atoms with Crippen molar-refractivity contribution in [1.29, 1.82) is 0 Å². The Kier molecular flexibility index (Phi) is 6.14. The Morgan fingerprint density at radius 3 is 2.46 bits per heavy atom. The van der Waals surface area contributed by atoms with Gasteiger partial charge in [-0.3, -0.25) is 9.59 Å². The molecule has 0 aromatic heterocycles. The summed E-state index contributed by atoms with van der Waals surface area (Å²) < 4.78 is 0. The topological polar surface area (TPSA) is 80.4 Å². The first-order valence-electron chi connectivity index (χ1n) is 4.58. The Morgan fingerprint density at radius 1 is 1.38 bits per heavy atom. The summed E-state index contributed by atoms with van der Waals surface area (Å²) in [6.07, 6.45) is 2.52. The molecule has 0 heterocycles. The van der Waals surface area contributed by atoms with Crippen molar-refractivity contribution in [3.05, 3.63) is 0 Å². The van der Waals surface area contributed by atoms with Crippen LogP contribution in [-0.4, -0.2) is 22.9 Å². The van der Waals surface area contributed by atoms with E-state index in [2.05, 4.69) is 0 Å². The molecular formula is C9H17NO3. The number of rotatable bonds is 7. The van der Waals surface area contributed by atoms with Crippen molar-refractivity contribution in [2.75, 3.05) is 0 Å². The fourth-order valence-electron chi connectivity index (χ4n) is 1.00. The van der Waals surface area contributed by atoms with Gasteiger partial charge < -0.3 is 10.8 Å². The Balaban J connectivity index is 3.63. The van der Waals surface area contributed by atoms with Crippen LogP contribution in [0.4, 0.5) is 0 Å². The lowest BCUT2D eigenvalue weighted by Gasteiger charge is -2.08. The second kappa shape index (κ2) is 6.60. The monoisotopic (exact) mass is 187 g/mol. The number of ketones is 1. The molecule has 0 aliphatic rings. The molecule has 4 nitrogen and oxygen atoms in total. The van der Waals surface area contributed by atoms with Crippen molar-refractivity contribution >= 4 is 11.8 Å². The molecule has 0 aliphatic carbocycles. The summed E-state index contributed by atoms with van der Waals surface area (Å²) in [5.74, 6) is -1.09. The molecule has 0 saturated carbocycles. The zero-order valence-electron chi connectivity index (χ0n) is 7.95. The Labute approximate surface area is 78.1 Å². The number of carboxylic acid groups (broad SMARTS) is 1. The number of carbonyl (C=O) groups excluding carboxylic acids is 1. The molecule has 0 bridgehead atoms. The van der Waals surface area contributed by atoms with E-state index in [1.54, 1.807) is 0 Å². The lowest BCUT2D eigenvalue weighted by molar-refractivity contribution is -0.138. The predicted octanol–water partition coefficient (Wildman–Crippen LogP) is 0.938. The first-order chi connectivity index (χ1) is 6.07. The van der Waals surface area contributed by atoms with Gasteiger partial charge in [-0.1, -0.05) is 19.8 Å². The molecule has 1 atom stereocenters. The minimum Gasteiger partial charge on any atom is -0.481 e. The molecule has 13 heavy (non-hydrogen) atoms. The fourth-order valence-corrected chi connectivity index (χ4v) is 1.00. The number of carboxylic acids is 1. The second-order valence-corrected chi connectivity index (χ2v) is 3.11. The highest BCUT2D eigenvalue weighted by Gasteiger charge is 2.13. The van der Waals surface area contributed by atoms with E-state index in [1.165, 1.54) is 0 Å². The maximum Gasteiger partial charge on any atom is 0.303 e. The van der Waals surface area contributed by atoms with Gasteiger partial charge in [0.2, 0.25) is 0 Å². The number of aliphatic carboxylic acids is 1. The third kappa shape index (κ3) is 6.28. The van der Waals surface area contributed by atoms with Crippen LogP contribution in [0.5, 0.6) is 0 Å². The molecule has 3 N–H and O–H groups in total. The fraction of sp³-hybridized carbons (Fsp3) is 0.778. The second-order valence-electron chi connectivity index (χ2n) is 3.11. The zero-order chi connectivity index (χ0) is 10.3. The predicted molar refractivity (Wildman–Crippen MR) is 49.4 cm³/mol. The largest absolute Gasteiger partial charge is 0.481 e. The summed E-state index contributed by atoms with van der Waals surface area (Å²) in [7, 11) is 0. The van der Waals surface area contributed by atoms with Crippen LogP contribution in [0.25, 0.3) is 0 Å². The van der Waals surface area contributed by atoms with Crippen LogP contribution in [0.3, 0.4) is 0 Å². The normalized spacial score (nSPS) is 12.5. The van der Waals surface area contributed by atoms with Crippen molar-refractivity contribution in [3.8, 4) is 0 Å². The van der Waals surface area contributed by atoms with Crippen molar-refractivity contribution in [2.24, 2.45) is 5.73 Å². The summed E-state index contributed by atoms with van der Waals surface area (Å²) in [6.45, 7) is 2.02. The molecule has 0 radical (unpaired) electrons. The van der Waals surface area contributed by atoms with Gasteiger partial charge in [0.25, 0.3) is 0 Å². The summed E-state index contributed by atoms with van der Waals surface area (Å²) in [6, 6.07) is -0.473. The average molecular weight is 187 g/mol. The SMILES string of the molecule is CCCCC(N)C(=O)CCC(=O)O. The maximum atomic E-state index is 11.2. The molecule has 0 aromatic carbocycles. The van der Waals surface area contributed by atoms with Gasteiger partial charge in [-0.05, 0) is 6.42 Å². The summed E-state index contributed by atoms with van der Waals surface area (Å²) >= 11 is 0. The highest BCUT2D eigenvalue weighted by Crippen LogP contribution is 2.02. The number of carbonyl (C=O) groups is 2. The van der Waals surface area contributed by atoms with Crippen LogP contribution >= 0.6 is 0 Å². The third-order valence-electron chi connectivity index (χ3n) is 1.87. The number of Topliss-reactive ketones (excluding diaryl/α,β-unsaturated/α-hetero) is 1. The van der Waals surface area contributed by atoms with E-state index in [0.29, 0.717) is 6.42 Å². The molecule has 1 unspecified atom stereocenters. The minimum atomic E-state index is -0.948. The summed E-state index contributed by atoms with van der Waals surface area (Å²) in [5.41, 5.74) is 5.55. The molecular weight excluding hydrogens is 170 g/mol. The summed E-state index contributed by atoms with van der Waals surface area (Å²) in [5, 5.41) is 8.33. The molecule has 0 spiro atoms. The van der Waals surface area contributed by atoms with Gasteiger partial charge in [0.1, 0.15) is 5.78 Å². The van der Waals surface area contributed by atoms with Crippen LogP contribution in [-0.2, 0) is 9.59 Å². The van der Waals surface area contributed by atoms with E-state index in [4.69, 9.17) is 10.8 Å². The van der Waals surface area contributed by atoms with Crippen LogP contribution in [0, 0.1) is 0 Å². The molecule has 4 heteroatoms. The Hall–Kier alpha value is -0.900. The molecule has 0 aromatic rings. The Bertz CT molecular complexity index is 180. The van der Waals surface area contributed by atoms with E-state index in [9.17, 15) is 9.59 Å². The standard InChI is InChI=1S/C9H17NO3/c1-2-3-4-7(10)8(11)5-6-9(12)13/h7H,2-6,10H2,1H3,(H,12,13). The van der Waals surface area contributed by atoms with Crippen molar-refractivity contribution in [1.82, 2.24) is 0 Å². The zero-order valence-corrected chi connectivity index (χ0v) is 7.95. The quantitative estimate of drug-likeness (QED) is 0.621. The first kappa shape index (κ1) is 12.1. The van der Waals surface area contributed by atoms with Gasteiger partial charge in [-0.15, -0.1) is 0 Å². The molecule has 0 rings (SSSR count). The van der Waals surface area contributed by atoms with Gasteiger partial charge in [0.15, 0.2) is 0 Å². The number of unbranched alkanes of at least 4 members (excludes halogenated alkanes) is 1.